The monoisotopic (exact) mass is 548 g/mol. The number of likely N-dealkylation sites (tertiary alicyclic amines) is 2. The van der Waals surface area contributed by atoms with E-state index in [0.717, 1.165) is 34.9 Å². The number of sulfone groups is 1. The predicted octanol–water partition coefficient (Wildman–Crippen LogP) is 5.93. The summed E-state index contributed by atoms with van der Waals surface area (Å²) >= 11 is 0. The van der Waals surface area contributed by atoms with Crippen molar-refractivity contribution >= 4 is 15.5 Å². The molecule has 1 aliphatic carbocycles. The summed E-state index contributed by atoms with van der Waals surface area (Å²) in [6.45, 7) is 10.7. The van der Waals surface area contributed by atoms with Crippen molar-refractivity contribution in [2.24, 2.45) is 5.92 Å². The number of fused-ring (bicyclic) bond motifs is 1. The van der Waals surface area contributed by atoms with Crippen LogP contribution in [0, 0.1) is 12.8 Å². The molecule has 4 heterocycles. The molecule has 0 spiro atoms. The summed E-state index contributed by atoms with van der Waals surface area (Å²) in [6.07, 6.45) is 14.9. The summed E-state index contributed by atoms with van der Waals surface area (Å²) in [7, 11) is -3.21. The summed E-state index contributed by atoms with van der Waals surface area (Å²) in [5, 5.41) is 0. The third-order valence-electron chi connectivity index (χ3n) is 9.68. The lowest BCUT2D eigenvalue weighted by atomic mass is 9.85. The molecule has 39 heavy (non-hydrogen) atoms. The molecule has 3 aromatic rings. The molecule has 6 rings (SSSR count). The Morgan fingerprint density at radius 2 is 1.72 bits per heavy atom. The van der Waals surface area contributed by atoms with Crippen molar-refractivity contribution < 1.29 is 8.42 Å². The van der Waals surface area contributed by atoms with E-state index in [1.54, 1.807) is 12.1 Å². The van der Waals surface area contributed by atoms with Gasteiger partial charge in [0, 0.05) is 48.9 Å². The lowest BCUT2D eigenvalue weighted by Crippen LogP contribution is -2.55. The summed E-state index contributed by atoms with van der Waals surface area (Å²) < 4.78 is 25.8. The van der Waals surface area contributed by atoms with Crippen LogP contribution in [-0.4, -0.2) is 71.6 Å². The summed E-state index contributed by atoms with van der Waals surface area (Å²) in [4.78, 5) is 10.9. The van der Waals surface area contributed by atoms with Gasteiger partial charge in [0.15, 0.2) is 9.84 Å². The zero-order valence-corrected chi connectivity index (χ0v) is 24.8. The van der Waals surface area contributed by atoms with Crippen molar-refractivity contribution in [2.75, 3.05) is 25.9 Å². The van der Waals surface area contributed by atoms with Crippen LogP contribution in [0.4, 0.5) is 0 Å². The van der Waals surface area contributed by atoms with Crippen LogP contribution < -0.4 is 0 Å². The van der Waals surface area contributed by atoms with Gasteiger partial charge < -0.3 is 9.30 Å². The van der Waals surface area contributed by atoms with Crippen molar-refractivity contribution in [3.05, 3.63) is 53.9 Å². The van der Waals surface area contributed by atoms with Gasteiger partial charge >= 0.3 is 0 Å². The molecule has 6 nitrogen and oxygen atoms in total. The molecular weight excluding hydrogens is 504 g/mol. The lowest BCUT2D eigenvalue weighted by molar-refractivity contribution is 0.0149. The van der Waals surface area contributed by atoms with Crippen molar-refractivity contribution in [1.82, 2.24) is 19.2 Å². The highest BCUT2D eigenvalue weighted by atomic mass is 32.2. The van der Waals surface area contributed by atoms with Gasteiger partial charge in [0.05, 0.1) is 10.6 Å². The van der Waals surface area contributed by atoms with Gasteiger partial charge in [0.1, 0.15) is 5.65 Å². The number of imidazole rings is 1. The Morgan fingerprint density at radius 1 is 1.00 bits per heavy atom. The standard InChI is InChI=1S/C32H44N4O2S/c1-5-28-18-29(17-23(3)36(28)19-24-6-7-24)34-14-12-25(13-15-34)27-16-22(2)32-33-31(21-35(32)20-27)26-8-10-30(11-9-26)39(4,37)38/h8-11,16,20-21,23-25,28-29H,5-7,12-15,17-19H2,1-4H3. The smallest absolute Gasteiger partial charge is 0.175 e. The fourth-order valence-electron chi connectivity index (χ4n) is 7.19. The molecule has 0 N–H and O–H groups in total. The van der Waals surface area contributed by atoms with E-state index in [1.807, 2.05) is 12.1 Å². The molecule has 3 fully saturated rings. The maximum absolute atomic E-state index is 11.8. The Hall–Kier alpha value is -2.22. The highest BCUT2D eigenvalue weighted by Gasteiger charge is 2.38. The van der Waals surface area contributed by atoms with E-state index in [9.17, 15) is 8.42 Å². The first-order valence-corrected chi connectivity index (χ1v) is 16.9. The van der Waals surface area contributed by atoms with Crippen LogP contribution in [0.25, 0.3) is 16.9 Å². The van der Waals surface area contributed by atoms with E-state index in [0.29, 0.717) is 16.9 Å². The van der Waals surface area contributed by atoms with E-state index in [-0.39, 0.29) is 0 Å². The molecule has 2 aliphatic heterocycles. The summed E-state index contributed by atoms with van der Waals surface area (Å²) in [5.41, 5.74) is 5.38. The molecule has 2 saturated heterocycles. The van der Waals surface area contributed by atoms with Gasteiger partial charge in [-0.2, -0.15) is 0 Å². The predicted molar refractivity (Wildman–Crippen MR) is 158 cm³/mol. The number of aryl methyl sites for hydroxylation is 1. The van der Waals surface area contributed by atoms with Gasteiger partial charge in [-0.1, -0.05) is 25.1 Å². The van der Waals surface area contributed by atoms with Gasteiger partial charge in [0.25, 0.3) is 0 Å². The highest BCUT2D eigenvalue weighted by Crippen LogP contribution is 2.37. The third kappa shape index (κ3) is 5.68. The fourth-order valence-corrected chi connectivity index (χ4v) is 7.82. The first kappa shape index (κ1) is 27.0. The van der Waals surface area contributed by atoms with Crippen molar-refractivity contribution in [2.45, 2.75) is 94.7 Å². The number of rotatable bonds is 7. The molecule has 210 valence electrons. The Labute approximate surface area is 234 Å². The quantitative estimate of drug-likeness (QED) is 0.366. The van der Waals surface area contributed by atoms with Crippen LogP contribution in [0.15, 0.2) is 47.6 Å². The minimum absolute atomic E-state index is 0.336. The van der Waals surface area contributed by atoms with Gasteiger partial charge in [-0.3, -0.25) is 4.90 Å². The summed E-state index contributed by atoms with van der Waals surface area (Å²) in [6, 6.07) is 11.6. The number of pyridine rings is 1. The number of nitrogens with zero attached hydrogens (tertiary/aromatic N) is 4. The average Bonchev–Trinajstić information content (AvgIpc) is 3.64. The van der Waals surface area contributed by atoms with Crippen molar-refractivity contribution in [3.8, 4) is 11.3 Å². The highest BCUT2D eigenvalue weighted by molar-refractivity contribution is 7.90. The van der Waals surface area contributed by atoms with E-state index >= 15 is 0 Å². The maximum atomic E-state index is 11.8. The molecule has 0 amide bonds. The van der Waals surface area contributed by atoms with Gasteiger partial charge in [-0.25, -0.2) is 13.4 Å². The third-order valence-corrected chi connectivity index (χ3v) is 10.8. The van der Waals surface area contributed by atoms with E-state index in [4.69, 9.17) is 4.98 Å². The molecule has 0 bridgehead atoms. The van der Waals surface area contributed by atoms with Crippen molar-refractivity contribution in [1.29, 1.82) is 0 Å². The molecule has 3 aliphatic rings. The Balaban J connectivity index is 1.13. The van der Waals surface area contributed by atoms with E-state index < -0.39 is 9.84 Å². The van der Waals surface area contributed by atoms with Crippen LogP contribution in [0.2, 0.25) is 0 Å². The molecule has 1 aromatic carbocycles. The Morgan fingerprint density at radius 3 is 2.36 bits per heavy atom. The first-order valence-electron chi connectivity index (χ1n) is 15.0. The SMILES string of the molecule is CCC1CC(N2CCC(c3cc(C)c4nc(-c5ccc(S(C)(=O)=O)cc5)cn4c3)CC2)CC(C)N1CC1CC1. The minimum atomic E-state index is -3.21. The Kier molecular flexibility index (Phi) is 7.36. The number of piperidine rings is 2. The minimum Gasteiger partial charge on any atom is -0.306 e. The van der Waals surface area contributed by atoms with E-state index in [2.05, 4.69) is 53.4 Å². The Bertz CT molecular complexity index is 1420. The van der Waals surface area contributed by atoms with Crippen LogP contribution in [0.5, 0.6) is 0 Å². The molecule has 7 heteroatoms. The first-order chi connectivity index (χ1) is 18.7. The van der Waals surface area contributed by atoms with Crippen LogP contribution in [-0.2, 0) is 9.84 Å². The number of aromatic nitrogens is 2. The number of hydrogen-bond donors (Lipinski definition) is 0. The largest absolute Gasteiger partial charge is 0.306 e. The average molecular weight is 549 g/mol. The van der Waals surface area contributed by atoms with E-state index in [1.165, 1.54) is 82.0 Å². The van der Waals surface area contributed by atoms with Crippen molar-refractivity contribution in [3.63, 3.8) is 0 Å². The maximum Gasteiger partial charge on any atom is 0.175 e. The molecule has 0 radical (unpaired) electrons. The zero-order valence-electron chi connectivity index (χ0n) is 24.0. The van der Waals surface area contributed by atoms with Gasteiger partial charge in [-0.15, -0.1) is 0 Å². The molecule has 1 saturated carbocycles. The molecular formula is C32H44N4O2S. The second-order valence-corrected chi connectivity index (χ2v) is 14.6. The second-order valence-electron chi connectivity index (χ2n) is 12.6. The van der Waals surface area contributed by atoms with Crippen LogP contribution >= 0.6 is 0 Å². The molecule has 3 atom stereocenters. The molecule has 3 unspecified atom stereocenters. The molecule has 2 aromatic heterocycles. The normalized spacial score (nSPS) is 25.9. The number of benzene rings is 1. The zero-order chi connectivity index (χ0) is 27.3. The summed E-state index contributed by atoms with van der Waals surface area (Å²) in [5.74, 6) is 1.56. The fraction of sp³-hybridized carbons (Fsp3) is 0.594. The van der Waals surface area contributed by atoms with Gasteiger partial charge in [0.2, 0.25) is 0 Å². The topological polar surface area (TPSA) is 57.9 Å². The van der Waals surface area contributed by atoms with Gasteiger partial charge in [-0.05, 0) is 107 Å². The van der Waals surface area contributed by atoms with Crippen LogP contribution in [0.3, 0.4) is 0 Å². The number of hydrogen-bond acceptors (Lipinski definition) is 5. The lowest BCUT2D eigenvalue weighted by Gasteiger charge is -2.48. The second kappa shape index (κ2) is 10.6. The van der Waals surface area contributed by atoms with Crippen LogP contribution in [0.1, 0.15) is 75.8 Å².